The van der Waals surface area contributed by atoms with Crippen molar-refractivity contribution < 1.29 is 9.53 Å². The smallest absolute Gasteiger partial charge is 0.274 e. The second-order valence-electron chi connectivity index (χ2n) is 5.08. The number of methoxy groups -OCH3 is 1. The summed E-state index contributed by atoms with van der Waals surface area (Å²) < 4.78 is 6.18. The van der Waals surface area contributed by atoms with Gasteiger partial charge in [-0.1, -0.05) is 34.1 Å². The third-order valence-corrected chi connectivity index (χ3v) is 3.85. The van der Waals surface area contributed by atoms with E-state index in [1.54, 1.807) is 25.3 Å². The lowest BCUT2D eigenvalue weighted by Gasteiger charge is -2.10. The van der Waals surface area contributed by atoms with Gasteiger partial charge in [0.05, 0.1) is 12.8 Å². The quantitative estimate of drug-likeness (QED) is 0.671. The number of hydrogen-bond donors (Lipinski definition) is 2. The summed E-state index contributed by atoms with van der Waals surface area (Å²) in [5, 5.41) is 5.93. The molecule has 0 saturated carbocycles. The van der Waals surface area contributed by atoms with Crippen LogP contribution in [0.5, 0.6) is 5.75 Å². The molecule has 0 bridgehead atoms. The molecule has 1 aromatic heterocycles. The van der Waals surface area contributed by atoms with Crippen LogP contribution in [0.25, 0.3) is 0 Å². The molecule has 3 aromatic rings. The van der Waals surface area contributed by atoms with Crippen molar-refractivity contribution in [2.45, 2.75) is 0 Å². The first kappa shape index (κ1) is 16.9. The molecule has 0 aliphatic rings. The molecule has 1 amide bonds. The van der Waals surface area contributed by atoms with E-state index in [9.17, 15) is 4.79 Å². The Morgan fingerprint density at radius 2 is 1.92 bits per heavy atom. The maximum atomic E-state index is 12.4. The number of benzene rings is 2. The number of amides is 1. The van der Waals surface area contributed by atoms with Gasteiger partial charge in [-0.05, 0) is 30.3 Å². The molecule has 2 aromatic carbocycles. The van der Waals surface area contributed by atoms with Crippen LogP contribution in [0.4, 0.5) is 17.2 Å². The minimum atomic E-state index is -0.343. The number of rotatable bonds is 5. The number of anilines is 3. The van der Waals surface area contributed by atoms with E-state index in [-0.39, 0.29) is 11.6 Å². The Hall–Kier alpha value is -2.93. The largest absolute Gasteiger partial charge is 0.495 e. The van der Waals surface area contributed by atoms with Crippen molar-refractivity contribution in [1.82, 2.24) is 9.97 Å². The van der Waals surface area contributed by atoms with Crippen LogP contribution in [0.2, 0.25) is 0 Å². The molecule has 6 nitrogen and oxygen atoms in total. The summed E-state index contributed by atoms with van der Waals surface area (Å²) in [5.74, 6) is 0.764. The summed E-state index contributed by atoms with van der Waals surface area (Å²) in [4.78, 5) is 20.6. The van der Waals surface area contributed by atoms with Crippen molar-refractivity contribution in [3.63, 3.8) is 0 Å². The Morgan fingerprint density at radius 3 is 2.72 bits per heavy atom. The van der Waals surface area contributed by atoms with Crippen LogP contribution < -0.4 is 15.4 Å². The number of carbonyl (C=O) groups excluding carboxylic acids is 1. The van der Waals surface area contributed by atoms with Crippen molar-refractivity contribution in [3.05, 3.63) is 71.1 Å². The highest BCUT2D eigenvalue weighted by Gasteiger charge is 2.12. The predicted octanol–water partition coefficient (Wildman–Crippen LogP) is 4.24. The van der Waals surface area contributed by atoms with Gasteiger partial charge in [-0.15, -0.1) is 0 Å². The van der Waals surface area contributed by atoms with Crippen LogP contribution in [-0.4, -0.2) is 23.0 Å². The third kappa shape index (κ3) is 4.33. The van der Waals surface area contributed by atoms with Crippen LogP contribution >= 0.6 is 15.9 Å². The van der Waals surface area contributed by atoms with Gasteiger partial charge in [0.1, 0.15) is 23.6 Å². The molecule has 126 valence electrons. The Balaban J connectivity index is 1.77. The number of hydrogen-bond acceptors (Lipinski definition) is 5. The fraction of sp³-hybridized carbons (Fsp3) is 0.0556. The molecule has 0 saturated heterocycles. The van der Waals surface area contributed by atoms with Gasteiger partial charge in [0.25, 0.3) is 5.91 Å². The lowest BCUT2D eigenvalue weighted by molar-refractivity contribution is 0.102. The summed E-state index contributed by atoms with van der Waals surface area (Å²) in [5.41, 5.74) is 1.68. The van der Waals surface area contributed by atoms with Crippen molar-refractivity contribution in [1.29, 1.82) is 0 Å². The predicted molar refractivity (Wildman–Crippen MR) is 100 cm³/mol. The van der Waals surface area contributed by atoms with Gasteiger partial charge in [-0.3, -0.25) is 4.79 Å². The van der Waals surface area contributed by atoms with Crippen molar-refractivity contribution in [2.24, 2.45) is 0 Å². The molecule has 0 fully saturated rings. The first-order valence-electron chi connectivity index (χ1n) is 7.45. The van der Waals surface area contributed by atoms with Crippen LogP contribution in [0, 0.1) is 0 Å². The zero-order valence-electron chi connectivity index (χ0n) is 13.4. The zero-order valence-corrected chi connectivity index (χ0v) is 14.9. The zero-order chi connectivity index (χ0) is 17.6. The number of aromatic nitrogens is 2. The first-order valence-corrected chi connectivity index (χ1v) is 8.24. The van der Waals surface area contributed by atoms with Gasteiger partial charge in [0.2, 0.25) is 0 Å². The van der Waals surface area contributed by atoms with Crippen molar-refractivity contribution in [2.75, 3.05) is 17.7 Å². The van der Waals surface area contributed by atoms with Gasteiger partial charge in [-0.2, -0.15) is 0 Å². The fourth-order valence-electron chi connectivity index (χ4n) is 2.20. The van der Waals surface area contributed by atoms with E-state index in [1.165, 1.54) is 6.33 Å². The summed E-state index contributed by atoms with van der Waals surface area (Å²) in [7, 11) is 1.55. The minimum Gasteiger partial charge on any atom is -0.495 e. The second-order valence-corrected chi connectivity index (χ2v) is 5.99. The number of para-hydroxylation sites is 2. The first-order chi connectivity index (χ1) is 12.2. The molecule has 25 heavy (non-hydrogen) atoms. The molecule has 1 heterocycles. The molecular formula is C18H15BrN4O2. The van der Waals surface area contributed by atoms with Crippen LogP contribution in [0.3, 0.4) is 0 Å². The lowest BCUT2D eigenvalue weighted by Crippen LogP contribution is -2.15. The maximum absolute atomic E-state index is 12.4. The Kier molecular flexibility index (Phi) is 5.25. The number of carbonyl (C=O) groups is 1. The molecule has 0 radical (unpaired) electrons. The Labute approximate surface area is 153 Å². The average Bonchev–Trinajstić information content (AvgIpc) is 2.62. The van der Waals surface area contributed by atoms with E-state index in [0.29, 0.717) is 17.3 Å². The Morgan fingerprint density at radius 1 is 1.08 bits per heavy atom. The SMILES string of the molecule is COc1ccccc1NC(=O)c1cc(Nc2cccc(Br)c2)ncn1. The average molecular weight is 399 g/mol. The lowest BCUT2D eigenvalue weighted by atomic mass is 10.2. The van der Waals surface area contributed by atoms with E-state index >= 15 is 0 Å². The monoisotopic (exact) mass is 398 g/mol. The molecule has 0 spiro atoms. The highest BCUT2D eigenvalue weighted by molar-refractivity contribution is 9.10. The highest BCUT2D eigenvalue weighted by atomic mass is 79.9. The molecule has 2 N–H and O–H groups in total. The fourth-order valence-corrected chi connectivity index (χ4v) is 2.60. The summed E-state index contributed by atoms with van der Waals surface area (Å²) in [6.07, 6.45) is 1.34. The number of ether oxygens (including phenoxy) is 1. The number of nitrogens with one attached hydrogen (secondary N) is 2. The van der Waals surface area contributed by atoms with E-state index in [2.05, 4.69) is 36.5 Å². The van der Waals surface area contributed by atoms with Gasteiger partial charge >= 0.3 is 0 Å². The van der Waals surface area contributed by atoms with Crippen LogP contribution in [0.15, 0.2) is 65.4 Å². The molecule has 3 rings (SSSR count). The van der Waals surface area contributed by atoms with E-state index in [1.807, 2.05) is 36.4 Å². The second kappa shape index (κ2) is 7.76. The normalized spacial score (nSPS) is 10.2. The summed E-state index contributed by atoms with van der Waals surface area (Å²) >= 11 is 3.42. The van der Waals surface area contributed by atoms with E-state index in [0.717, 1.165) is 10.2 Å². The topological polar surface area (TPSA) is 76.1 Å². The van der Waals surface area contributed by atoms with Gasteiger partial charge in [-0.25, -0.2) is 9.97 Å². The van der Waals surface area contributed by atoms with Crippen molar-refractivity contribution in [3.8, 4) is 5.75 Å². The molecule has 0 aliphatic heterocycles. The third-order valence-electron chi connectivity index (χ3n) is 3.35. The number of nitrogens with zero attached hydrogens (tertiary/aromatic N) is 2. The summed E-state index contributed by atoms with van der Waals surface area (Å²) in [6.45, 7) is 0. The van der Waals surface area contributed by atoms with E-state index < -0.39 is 0 Å². The summed E-state index contributed by atoms with van der Waals surface area (Å²) in [6, 6.07) is 16.4. The van der Waals surface area contributed by atoms with Crippen molar-refractivity contribution >= 4 is 39.0 Å². The molecule has 0 unspecified atom stereocenters. The van der Waals surface area contributed by atoms with Crippen LogP contribution in [-0.2, 0) is 0 Å². The Bertz CT molecular complexity index is 902. The standard InChI is InChI=1S/C18H15BrN4O2/c1-25-16-8-3-2-7-14(16)23-18(24)15-10-17(21-11-20-15)22-13-6-4-5-12(19)9-13/h2-11H,1H3,(H,23,24)(H,20,21,22). The molecule has 7 heteroatoms. The number of halogens is 1. The molecule has 0 aliphatic carbocycles. The van der Waals surface area contributed by atoms with Gasteiger partial charge in [0, 0.05) is 16.2 Å². The van der Waals surface area contributed by atoms with Crippen LogP contribution in [0.1, 0.15) is 10.5 Å². The minimum absolute atomic E-state index is 0.249. The van der Waals surface area contributed by atoms with Gasteiger partial charge in [0.15, 0.2) is 0 Å². The molecular weight excluding hydrogens is 384 g/mol. The van der Waals surface area contributed by atoms with Gasteiger partial charge < -0.3 is 15.4 Å². The maximum Gasteiger partial charge on any atom is 0.274 e. The van der Waals surface area contributed by atoms with E-state index in [4.69, 9.17) is 4.74 Å². The highest BCUT2D eigenvalue weighted by Crippen LogP contribution is 2.24. The molecule has 0 atom stereocenters.